The lowest BCUT2D eigenvalue weighted by Crippen LogP contribution is -2.25. The summed E-state index contributed by atoms with van der Waals surface area (Å²) in [7, 11) is 1.67. The third-order valence-corrected chi connectivity index (χ3v) is 4.01. The molecule has 0 radical (unpaired) electrons. The van der Waals surface area contributed by atoms with Crippen molar-refractivity contribution in [3.8, 4) is 5.75 Å². The second-order valence-corrected chi connectivity index (χ2v) is 5.45. The lowest BCUT2D eigenvalue weighted by molar-refractivity contribution is 0.323. The van der Waals surface area contributed by atoms with Crippen LogP contribution in [0, 0.1) is 0 Å². The fraction of sp³-hybridized carbons (Fsp3) is 0.714. The number of thioether (sulfide) groups is 1. The highest BCUT2D eigenvalue weighted by molar-refractivity contribution is 7.99. The predicted octanol–water partition coefficient (Wildman–Crippen LogP) is 2.74. The first-order valence-electron chi connectivity index (χ1n) is 7.24. The molecule has 20 heavy (non-hydrogen) atoms. The Morgan fingerprint density at radius 2 is 2.00 bits per heavy atom. The summed E-state index contributed by atoms with van der Waals surface area (Å²) in [4.78, 5) is 11.0. The van der Waals surface area contributed by atoms with E-state index in [1.54, 1.807) is 25.2 Å². The van der Waals surface area contributed by atoms with Gasteiger partial charge in [0.05, 0.1) is 7.11 Å². The van der Waals surface area contributed by atoms with Gasteiger partial charge in [0.25, 0.3) is 0 Å². The number of hydrogen-bond donors (Lipinski definition) is 1. The molecule has 0 saturated heterocycles. The second kappa shape index (κ2) is 9.83. The van der Waals surface area contributed by atoms with Crippen LogP contribution in [0.3, 0.4) is 0 Å². The molecule has 0 spiro atoms. The van der Waals surface area contributed by atoms with Crippen LogP contribution < -0.4 is 10.1 Å². The molecule has 0 fully saturated rings. The first-order valence-corrected chi connectivity index (χ1v) is 8.23. The highest BCUT2D eigenvalue weighted by Gasteiger charge is 2.12. The Hall–Kier alpha value is -1.01. The molecule has 1 aromatic rings. The largest absolute Gasteiger partial charge is 0.490 e. The molecule has 0 atom stereocenters. The third kappa shape index (κ3) is 5.17. The summed E-state index contributed by atoms with van der Waals surface area (Å²) < 4.78 is 5.46. The van der Waals surface area contributed by atoms with Crippen LogP contribution in [0.2, 0.25) is 0 Å². The molecule has 0 saturated carbocycles. The molecule has 1 heterocycles. The average Bonchev–Trinajstić information content (AvgIpc) is 2.49. The summed E-state index contributed by atoms with van der Waals surface area (Å²) >= 11 is 1.72. The van der Waals surface area contributed by atoms with Gasteiger partial charge in [-0.25, -0.2) is 9.97 Å². The van der Waals surface area contributed by atoms with Crippen LogP contribution in [0.25, 0.3) is 0 Å². The molecule has 0 aliphatic carbocycles. The van der Waals surface area contributed by atoms with E-state index >= 15 is 0 Å². The lowest BCUT2D eigenvalue weighted by Gasteiger charge is -2.18. The second-order valence-electron chi connectivity index (χ2n) is 4.36. The molecule has 6 heteroatoms. The van der Waals surface area contributed by atoms with Crippen molar-refractivity contribution in [1.82, 2.24) is 14.9 Å². The normalized spacial score (nSPS) is 10.8. The summed E-state index contributed by atoms with van der Waals surface area (Å²) in [5.41, 5.74) is 0. The van der Waals surface area contributed by atoms with E-state index in [0.717, 1.165) is 54.9 Å². The molecule has 114 valence electrons. The van der Waals surface area contributed by atoms with Crippen LogP contribution in [-0.2, 0) is 0 Å². The van der Waals surface area contributed by atoms with Crippen LogP contribution in [0.15, 0.2) is 11.4 Å². The molecule has 0 unspecified atom stereocenters. The number of nitrogens with one attached hydrogen (secondary N) is 1. The Morgan fingerprint density at radius 3 is 2.60 bits per heavy atom. The van der Waals surface area contributed by atoms with Crippen molar-refractivity contribution in [3.63, 3.8) is 0 Å². The van der Waals surface area contributed by atoms with E-state index in [0.29, 0.717) is 0 Å². The minimum Gasteiger partial charge on any atom is -0.490 e. The summed E-state index contributed by atoms with van der Waals surface area (Å²) in [6.07, 6.45) is 2.65. The van der Waals surface area contributed by atoms with E-state index in [1.165, 1.54) is 0 Å². The molecule has 1 rings (SSSR count). The number of anilines is 1. The number of aromatic nitrogens is 2. The maximum absolute atomic E-state index is 5.46. The molecule has 0 amide bonds. The van der Waals surface area contributed by atoms with Crippen molar-refractivity contribution in [2.45, 2.75) is 32.2 Å². The van der Waals surface area contributed by atoms with Gasteiger partial charge >= 0.3 is 0 Å². The van der Waals surface area contributed by atoms with E-state index in [2.05, 4.69) is 41.0 Å². The molecule has 0 aliphatic heterocycles. The molecular formula is C14H26N4OS. The minimum atomic E-state index is 0.755. The summed E-state index contributed by atoms with van der Waals surface area (Å²) in [5, 5.41) is 4.19. The van der Waals surface area contributed by atoms with Gasteiger partial charge in [0.15, 0.2) is 11.6 Å². The fourth-order valence-electron chi connectivity index (χ4n) is 1.82. The number of hydrogen-bond acceptors (Lipinski definition) is 6. The van der Waals surface area contributed by atoms with Gasteiger partial charge in [-0.1, -0.05) is 20.8 Å². The summed E-state index contributed by atoms with van der Waals surface area (Å²) in [5.74, 6) is 2.54. The minimum absolute atomic E-state index is 0.755. The van der Waals surface area contributed by atoms with Gasteiger partial charge in [0.2, 0.25) is 0 Å². The molecule has 0 aromatic carbocycles. The van der Waals surface area contributed by atoms with Crippen molar-refractivity contribution in [2.75, 3.05) is 44.4 Å². The van der Waals surface area contributed by atoms with Crippen molar-refractivity contribution >= 4 is 17.6 Å². The fourth-order valence-corrected chi connectivity index (χ4v) is 2.80. The number of nitrogens with zero attached hydrogens (tertiary/aromatic N) is 3. The van der Waals surface area contributed by atoms with Crippen LogP contribution >= 0.6 is 11.8 Å². The van der Waals surface area contributed by atoms with Crippen molar-refractivity contribution in [1.29, 1.82) is 0 Å². The van der Waals surface area contributed by atoms with Gasteiger partial charge < -0.3 is 15.0 Å². The number of rotatable bonds is 10. The summed E-state index contributed by atoms with van der Waals surface area (Å²) in [6.45, 7) is 10.6. The SMILES string of the molecule is CCCNc1ncnc(SCCN(CC)CC)c1OC. The zero-order chi connectivity index (χ0) is 14.8. The highest BCUT2D eigenvalue weighted by Crippen LogP contribution is 2.32. The van der Waals surface area contributed by atoms with Crippen LogP contribution in [-0.4, -0.2) is 53.9 Å². The Morgan fingerprint density at radius 1 is 1.25 bits per heavy atom. The van der Waals surface area contributed by atoms with Crippen LogP contribution in [0.4, 0.5) is 5.82 Å². The molecule has 1 N–H and O–H groups in total. The van der Waals surface area contributed by atoms with Crippen LogP contribution in [0.5, 0.6) is 5.75 Å². The van der Waals surface area contributed by atoms with Gasteiger partial charge in [0.1, 0.15) is 11.4 Å². The van der Waals surface area contributed by atoms with E-state index < -0.39 is 0 Å². The first kappa shape index (κ1) is 17.0. The highest BCUT2D eigenvalue weighted by atomic mass is 32.2. The number of ether oxygens (including phenoxy) is 1. The Labute approximate surface area is 126 Å². The first-order chi connectivity index (χ1) is 9.76. The monoisotopic (exact) mass is 298 g/mol. The van der Waals surface area contributed by atoms with Crippen LogP contribution in [0.1, 0.15) is 27.2 Å². The standard InChI is InChI=1S/C14H26N4OS/c1-5-8-15-13-12(19-4)14(17-11-16-13)20-10-9-18(6-2)7-3/h11H,5-10H2,1-4H3,(H,15,16,17). The van der Waals surface area contributed by atoms with Crippen molar-refractivity contribution < 1.29 is 4.74 Å². The topological polar surface area (TPSA) is 50.3 Å². The predicted molar refractivity (Wildman–Crippen MR) is 85.9 cm³/mol. The zero-order valence-corrected chi connectivity index (χ0v) is 13.8. The van der Waals surface area contributed by atoms with Gasteiger partial charge in [-0.05, 0) is 19.5 Å². The van der Waals surface area contributed by atoms with Gasteiger partial charge in [-0.15, -0.1) is 11.8 Å². The van der Waals surface area contributed by atoms with Crippen molar-refractivity contribution in [3.05, 3.63) is 6.33 Å². The van der Waals surface area contributed by atoms with Gasteiger partial charge in [0, 0.05) is 18.8 Å². The quantitative estimate of drug-likeness (QED) is 0.529. The number of methoxy groups -OCH3 is 1. The van der Waals surface area contributed by atoms with Gasteiger partial charge in [-0.3, -0.25) is 0 Å². The maximum Gasteiger partial charge on any atom is 0.193 e. The maximum atomic E-state index is 5.46. The molecule has 1 aromatic heterocycles. The molecule has 0 bridgehead atoms. The Kier molecular flexibility index (Phi) is 8.37. The summed E-state index contributed by atoms with van der Waals surface area (Å²) in [6, 6.07) is 0. The van der Waals surface area contributed by atoms with E-state index in [-0.39, 0.29) is 0 Å². The van der Waals surface area contributed by atoms with Gasteiger partial charge in [-0.2, -0.15) is 0 Å². The Balaban J connectivity index is 2.64. The van der Waals surface area contributed by atoms with E-state index in [4.69, 9.17) is 4.74 Å². The molecular weight excluding hydrogens is 272 g/mol. The smallest absolute Gasteiger partial charge is 0.193 e. The lowest BCUT2D eigenvalue weighted by atomic mass is 10.4. The zero-order valence-electron chi connectivity index (χ0n) is 13.0. The van der Waals surface area contributed by atoms with Crippen molar-refractivity contribution in [2.24, 2.45) is 0 Å². The Bertz CT molecular complexity index is 385. The molecule has 5 nitrogen and oxygen atoms in total. The third-order valence-electron chi connectivity index (χ3n) is 3.06. The van der Waals surface area contributed by atoms with E-state index in [1.807, 2.05) is 0 Å². The van der Waals surface area contributed by atoms with E-state index in [9.17, 15) is 0 Å². The average molecular weight is 298 g/mol. The molecule has 0 aliphatic rings.